The van der Waals surface area contributed by atoms with Gasteiger partial charge in [-0.25, -0.2) is 0 Å². The molecule has 0 spiro atoms. The Hall–Kier alpha value is -1.66. The van der Waals surface area contributed by atoms with Crippen molar-refractivity contribution in [2.75, 3.05) is 6.54 Å². The summed E-state index contributed by atoms with van der Waals surface area (Å²) in [6.07, 6.45) is -0.0769. The molecular formula is C10H10ClN3O3. The Bertz CT molecular complexity index is 478. The Balaban J connectivity index is 2.33. The number of nitrogens with one attached hydrogen (secondary N) is 2. The Morgan fingerprint density at radius 2 is 2.24 bits per heavy atom. The third-order valence-electron chi connectivity index (χ3n) is 2.51. The first-order valence-corrected chi connectivity index (χ1v) is 5.42. The second-order valence-electron chi connectivity index (χ2n) is 3.67. The molecule has 1 fully saturated rings. The van der Waals surface area contributed by atoms with E-state index < -0.39 is 11.1 Å². The van der Waals surface area contributed by atoms with Crippen molar-refractivity contribution < 1.29 is 9.72 Å². The summed E-state index contributed by atoms with van der Waals surface area (Å²) in [7, 11) is 0. The van der Waals surface area contributed by atoms with Gasteiger partial charge in [-0.1, -0.05) is 11.6 Å². The van der Waals surface area contributed by atoms with Gasteiger partial charge in [-0.05, 0) is 6.07 Å². The van der Waals surface area contributed by atoms with Crippen molar-refractivity contribution in [3.05, 3.63) is 38.9 Å². The lowest BCUT2D eigenvalue weighted by atomic mass is 10.1. The first-order valence-electron chi connectivity index (χ1n) is 5.04. The van der Waals surface area contributed by atoms with E-state index in [-0.39, 0.29) is 11.6 Å². The number of carbonyl (C=O) groups excluding carboxylic acids is 1. The van der Waals surface area contributed by atoms with Crippen LogP contribution in [0.4, 0.5) is 5.69 Å². The van der Waals surface area contributed by atoms with E-state index in [4.69, 9.17) is 11.6 Å². The summed E-state index contributed by atoms with van der Waals surface area (Å²) < 4.78 is 0. The number of carbonyl (C=O) groups is 1. The van der Waals surface area contributed by atoms with Gasteiger partial charge in [0, 0.05) is 35.7 Å². The number of hydrogen-bond donors (Lipinski definition) is 2. The lowest BCUT2D eigenvalue weighted by Crippen LogP contribution is -2.44. The number of halogens is 1. The smallest absolute Gasteiger partial charge is 0.269 e. The van der Waals surface area contributed by atoms with Crippen LogP contribution in [0.2, 0.25) is 5.02 Å². The molecule has 7 heteroatoms. The van der Waals surface area contributed by atoms with Crippen molar-refractivity contribution in [1.29, 1.82) is 0 Å². The van der Waals surface area contributed by atoms with Crippen LogP contribution >= 0.6 is 11.6 Å². The standard InChI is InChI=1S/C10H10ClN3O3/c11-8-2-1-6(14(16)17)5-7(8)10-12-4-3-9(15)13-10/h1-2,5,10,12H,3-4H2,(H,13,15)/t10-/m1/s1. The van der Waals surface area contributed by atoms with Crippen LogP contribution in [0.3, 0.4) is 0 Å². The van der Waals surface area contributed by atoms with E-state index in [1.54, 1.807) is 0 Å². The summed E-state index contributed by atoms with van der Waals surface area (Å²) in [5.74, 6) is -0.101. The molecule has 1 aromatic carbocycles. The SMILES string of the molecule is O=C1CCN[C@@H](c2cc([N+](=O)[O-])ccc2Cl)N1. The third-order valence-corrected chi connectivity index (χ3v) is 2.85. The van der Waals surface area contributed by atoms with Crippen molar-refractivity contribution in [2.45, 2.75) is 12.6 Å². The van der Waals surface area contributed by atoms with Crippen molar-refractivity contribution in [1.82, 2.24) is 10.6 Å². The molecule has 1 atom stereocenters. The molecule has 6 nitrogen and oxygen atoms in total. The van der Waals surface area contributed by atoms with Crippen LogP contribution in [0, 0.1) is 10.1 Å². The van der Waals surface area contributed by atoms with Crippen LogP contribution < -0.4 is 10.6 Å². The molecule has 0 unspecified atom stereocenters. The maximum absolute atomic E-state index is 11.2. The second kappa shape index (κ2) is 4.68. The number of non-ortho nitro benzene ring substituents is 1. The zero-order valence-electron chi connectivity index (χ0n) is 8.77. The maximum Gasteiger partial charge on any atom is 0.269 e. The van der Waals surface area contributed by atoms with Gasteiger partial charge in [0.05, 0.1) is 4.92 Å². The molecule has 1 heterocycles. The molecule has 17 heavy (non-hydrogen) atoms. The van der Waals surface area contributed by atoms with E-state index in [9.17, 15) is 14.9 Å². The highest BCUT2D eigenvalue weighted by molar-refractivity contribution is 6.31. The lowest BCUT2D eigenvalue weighted by molar-refractivity contribution is -0.384. The minimum absolute atomic E-state index is 0.0500. The van der Waals surface area contributed by atoms with E-state index in [1.165, 1.54) is 18.2 Å². The fraction of sp³-hybridized carbons (Fsp3) is 0.300. The molecule has 0 radical (unpaired) electrons. The summed E-state index contributed by atoms with van der Waals surface area (Å²) in [5, 5.41) is 16.8. The Labute approximate surface area is 102 Å². The van der Waals surface area contributed by atoms with Gasteiger partial charge in [0.2, 0.25) is 5.91 Å². The van der Waals surface area contributed by atoms with E-state index in [1.807, 2.05) is 0 Å². The van der Waals surface area contributed by atoms with Crippen LogP contribution in [-0.4, -0.2) is 17.4 Å². The van der Waals surface area contributed by atoms with Gasteiger partial charge in [-0.2, -0.15) is 0 Å². The molecule has 1 saturated heterocycles. The Morgan fingerprint density at radius 1 is 1.47 bits per heavy atom. The molecule has 2 N–H and O–H groups in total. The second-order valence-corrected chi connectivity index (χ2v) is 4.07. The van der Waals surface area contributed by atoms with E-state index >= 15 is 0 Å². The number of nitro benzene ring substituents is 1. The van der Waals surface area contributed by atoms with Crippen molar-refractivity contribution in [3.8, 4) is 0 Å². The molecule has 2 rings (SSSR count). The highest BCUT2D eigenvalue weighted by atomic mass is 35.5. The molecule has 0 aliphatic carbocycles. The van der Waals surface area contributed by atoms with Gasteiger partial charge >= 0.3 is 0 Å². The van der Waals surface area contributed by atoms with E-state index in [0.29, 0.717) is 23.6 Å². The van der Waals surface area contributed by atoms with Gasteiger partial charge in [-0.15, -0.1) is 0 Å². The Morgan fingerprint density at radius 3 is 2.88 bits per heavy atom. The number of nitro groups is 1. The van der Waals surface area contributed by atoms with Gasteiger partial charge in [-0.3, -0.25) is 20.2 Å². The topological polar surface area (TPSA) is 84.3 Å². The van der Waals surface area contributed by atoms with Gasteiger partial charge < -0.3 is 5.32 Å². The maximum atomic E-state index is 11.2. The summed E-state index contributed by atoms with van der Waals surface area (Å²) in [5.41, 5.74) is 0.458. The third kappa shape index (κ3) is 2.54. The number of hydrogen-bond acceptors (Lipinski definition) is 4. The molecule has 0 aromatic heterocycles. The largest absolute Gasteiger partial charge is 0.337 e. The molecule has 0 saturated carbocycles. The van der Waals surface area contributed by atoms with Crippen LogP contribution in [0.1, 0.15) is 18.2 Å². The Kier molecular flexibility index (Phi) is 3.26. The average Bonchev–Trinajstić information content (AvgIpc) is 2.29. The zero-order chi connectivity index (χ0) is 12.4. The highest BCUT2D eigenvalue weighted by Crippen LogP contribution is 2.27. The number of benzene rings is 1. The van der Waals surface area contributed by atoms with Crippen LogP contribution in [-0.2, 0) is 4.79 Å². The molecule has 90 valence electrons. The molecular weight excluding hydrogens is 246 g/mol. The predicted molar refractivity (Wildman–Crippen MR) is 61.6 cm³/mol. The monoisotopic (exact) mass is 255 g/mol. The molecule has 0 bridgehead atoms. The number of amides is 1. The van der Waals surface area contributed by atoms with Crippen LogP contribution in [0.25, 0.3) is 0 Å². The van der Waals surface area contributed by atoms with Crippen LogP contribution in [0.5, 0.6) is 0 Å². The molecule has 1 aromatic rings. The summed E-state index contributed by atoms with van der Waals surface area (Å²) >= 11 is 5.97. The van der Waals surface area contributed by atoms with E-state index in [0.717, 1.165) is 0 Å². The first kappa shape index (κ1) is 11.8. The van der Waals surface area contributed by atoms with Crippen molar-refractivity contribution in [3.63, 3.8) is 0 Å². The minimum Gasteiger partial charge on any atom is -0.337 e. The normalized spacial score (nSPS) is 19.8. The van der Waals surface area contributed by atoms with Crippen molar-refractivity contribution in [2.24, 2.45) is 0 Å². The zero-order valence-corrected chi connectivity index (χ0v) is 9.53. The van der Waals surface area contributed by atoms with Gasteiger partial charge in [0.25, 0.3) is 5.69 Å². The average molecular weight is 256 g/mol. The molecule has 1 aliphatic rings. The number of rotatable bonds is 2. The van der Waals surface area contributed by atoms with Crippen molar-refractivity contribution >= 4 is 23.2 Å². The predicted octanol–water partition coefficient (Wildman–Crippen LogP) is 1.36. The summed E-state index contributed by atoms with van der Waals surface area (Å²) in [6, 6.07) is 4.15. The van der Waals surface area contributed by atoms with Gasteiger partial charge in [0.1, 0.15) is 6.17 Å². The molecule has 1 aliphatic heterocycles. The molecule has 1 amide bonds. The minimum atomic E-state index is -0.496. The highest BCUT2D eigenvalue weighted by Gasteiger charge is 2.22. The summed E-state index contributed by atoms with van der Waals surface area (Å²) in [6.45, 7) is 0.523. The van der Waals surface area contributed by atoms with E-state index in [2.05, 4.69) is 10.6 Å². The quantitative estimate of drug-likeness (QED) is 0.617. The fourth-order valence-corrected chi connectivity index (χ4v) is 1.89. The van der Waals surface area contributed by atoms with Crippen LogP contribution in [0.15, 0.2) is 18.2 Å². The summed E-state index contributed by atoms with van der Waals surface area (Å²) in [4.78, 5) is 21.4. The van der Waals surface area contributed by atoms with Gasteiger partial charge in [0.15, 0.2) is 0 Å². The number of nitrogens with zero attached hydrogens (tertiary/aromatic N) is 1. The fourth-order valence-electron chi connectivity index (χ4n) is 1.67. The lowest BCUT2D eigenvalue weighted by Gasteiger charge is -2.25. The first-order chi connectivity index (χ1) is 8.08.